The summed E-state index contributed by atoms with van der Waals surface area (Å²) in [6.07, 6.45) is 2.31. The van der Waals surface area contributed by atoms with Gasteiger partial charge in [0, 0.05) is 37.1 Å². The normalized spacial score (nSPS) is 19.8. The third-order valence-corrected chi connectivity index (χ3v) is 8.99. The molecule has 2 saturated heterocycles. The largest absolute Gasteiger partial charge is 0.350 e. The first-order valence-electron chi connectivity index (χ1n) is 11.7. The molecule has 2 aliphatic rings. The minimum atomic E-state index is -3.57. The quantitative estimate of drug-likeness (QED) is 0.655. The molecular formula is C25H30ClN3O4S. The van der Waals surface area contributed by atoms with Crippen molar-refractivity contribution in [1.82, 2.24) is 14.5 Å². The second kappa shape index (κ2) is 10.5. The van der Waals surface area contributed by atoms with Crippen molar-refractivity contribution in [2.75, 3.05) is 19.6 Å². The highest BCUT2D eigenvalue weighted by atomic mass is 35.5. The van der Waals surface area contributed by atoms with Crippen LogP contribution in [0.25, 0.3) is 0 Å². The smallest absolute Gasteiger partial charge is 0.243 e. The van der Waals surface area contributed by atoms with E-state index in [1.165, 1.54) is 4.31 Å². The zero-order chi connectivity index (χ0) is 24.3. The minimum Gasteiger partial charge on any atom is -0.350 e. The number of sulfonamides is 1. The third kappa shape index (κ3) is 5.29. The van der Waals surface area contributed by atoms with Crippen molar-refractivity contribution >= 4 is 33.4 Å². The average molecular weight is 504 g/mol. The van der Waals surface area contributed by atoms with Crippen LogP contribution in [0.15, 0.2) is 53.4 Å². The molecule has 0 aromatic heterocycles. The van der Waals surface area contributed by atoms with Crippen LogP contribution >= 0.6 is 11.6 Å². The molecule has 0 spiro atoms. The molecule has 9 heteroatoms. The van der Waals surface area contributed by atoms with Gasteiger partial charge in [0.15, 0.2) is 0 Å². The summed E-state index contributed by atoms with van der Waals surface area (Å²) in [6.45, 7) is 3.36. The van der Waals surface area contributed by atoms with E-state index in [1.807, 2.05) is 25.1 Å². The van der Waals surface area contributed by atoms with Crippen LogP contribution in [0.5, 0.6) is 0 Å². The summed E-state index contributed by atoms with van der Waals surface area (Å²) in [7, 11) is -3.57. The van der Waals surface area contributed by atoms with Crippen molar-refractivity contribution in [3.05, 3.63) is 64.7 Å². The van der Waals surface area contributed by atoms with Gasteiger partial charge in [0.1, 0.15) is 6.04 Å². The molecule has 0 aliphatic carbocycles. The molecule has 0 saturated carbocycles. The van der Waals surface area contributed by atoms with Crippen LogP contribution in [0, 0.1) is 12.8 Å². The van der Waals surface area contributed by atoms with E-state index >= 15 is 0 Å². The maximum atomic E-state index is 13.3. The Bertz CT molecular complexity index is 1150. The predicted molar refractivity (Wildman–Crippen MR) is 131 cm³/mol. The number of nitrogens with one attached hydrogen (secondary N) is 1. The molecule has 2 amide bonds. The van der Waals surface area contributed by atoms with Crippen LogP contribution in [0.3, 0.4) is 0 Å². The average Bonchev–Trinajstić information content (AvgIpc) is 3.33. The fourth-order valence-corrected chi connectivity index (χ4v) is 6.35. The summed E-state index contributed by atoms with van der Waals surface area (Å²) in [4.78, 5) is 28.1. The van der Waals surface area contributed by atoms with Gasteiger partial charge in [-0.3, -0.25) is 9.59 Å². The van der Waals surface area contributed by atoms with E-state index in [9.17, 15) is 18.0 Å². The lowest BCUT2D eigenvalue weighted by Gasteiger charge is -2.34. The standard InChI is InChI=1S/C25H30ClN3O4S/c1-18-8-10-21(11-9-18)34(32,33)28-15-12-19(13-16-28)25(31)29-14-4-7-23(29)24(30)27-17-20-5-2-3-6-22(20)26/h2-3,5-6,8-11,19,23H,4,7,12-17H2,1H3,(H,27,30). The first kappa shape index (κ1) is 24.7. The Labute approximate surface area is 206 Å². The van der Waals surface area contributed by atoms with Gasteiger partial charge in [-0.05, 0) is 56.4 Å². The van der Waals surface area contributed by atoms with E-state index in [0.717, 1.165) is 17.5 Å². The fraction of sp³-hybridized carbons (Fsp3) is 0.440. The first-order chi connectivity index (χ1) is 16.3. The SMILES string of the molecule is Cc1ccc(S(=O)(=O)N2CCC(C(=O)N3CCCC3C(=O)NCc3ccccc3Cl)CC2)cc1. The van der Waals surface area contributed by atoms with E-state index in [2.05, 4.69) is 5.32 Å². The Morgan fingerprint density at radius 1 is 1.00 bits per heavy atom. The van der Waals surface area contributed by atoms with Gasteiger partial charge in [-0.25, -0.2) is 8.42 Å². The molecule has 2 aromatic carbocycles. The maximum Gasteiger partial charge on any atom is 0.243 e. The lowest BCUT2D eigenvalue weighted by molar-refractivity contribution is -0.142. The number of rotatable bonds is 6. The van der Waals surface area contributed by atoms with Gasteiger partial charge >= 0.3 is 0 Å². The Kier molecular flexibility index (Phi) is 7.60. The van der Waals surface area contributed by atoms with Gasteiger partial charge in [0.2, 0.25) is 21.8 Å². The number of hydrogen-bond acceptors (Lipinski definition) is 4. The highest BCUT2D eigenvalue weighted by molar-refractivity contribution is 7.89. The Balaban J connectivity index is 1.34. The van der Waals surface area contributed by atoms with Gasteiger partial charge in [-0.1, -0.05) is 47.5 Å². The van der Waals surface area contributed by atoms with Gasteiger partial charge in [0.05, 0.1) is 4.90 Å². The maximum absolute atomic E-state index is 13.3. The van der Waals surface area contributed by atoms with Crippen LogP contribution < -0.4 is 5.32 Å². The van der Waals surface area contributed by atoms with Gasteiger partial charge < -0.3 is 10.2 Å². The van der Waals surface area contributed by atoms with Crippen LogP contribution in [0.1, 0.15) is 36.8 Å². The molecule has 7 nitrogen and oxygen atoms in total. The summed E-state index contributed by atoms with van der Waals surface area (Å²) in [5.74, 6) is -0.505. The van der Waals surface area contributed by atoms with E-state index in [4.69, 9.17) is 11.6 Å². The van der Waals surface area contributed by atoms with Gasteiger partial charge in [-0.2, -0.15) is 4.31 Å². The highest BCUT2D eigenvalue weighted by Gasteiger charge is 2.39. The monoisotopic (exact) mass is 503 g/mol. The Morgan fingerprint density at radius 3 is 2.35 bits per heavy atom. The van der Waals surface area contributed by atoms with E-state index in [1.54, 1.807) is 35.2 Å². The number of benzene rings is 2. The topological polar surface area (TPSA) is 86.8 Å². The Morgan fingerprint density at radius 2 is 1.68 bits per heavy atom. The molecule has 0 radical (unpaired) electrons. The third-order valence-electron chi connectivity index (χ3n) is 6.71. The van der Waals surface area contributed by atoms with E-state index < -0.39 is 16.1 Å². The molecule has 2 heterocycles. The molecular weight excluding hydrogens is 474 g/mol. The summed E-state index contributed by atoms with van der Waals surface area (Å²) in [5.41, 5.74) is 1.83. The number of amides is 2. The van der Waals surface area contributed by atoms with Crippen LogP contribution in [-0.4, -0.2) is 55.1 Å². The number of hydrogen-bond donors (Lipinski definition) is 1. The van der Waals surface area contributed by atoms with Crippen LogP contribution in [0.4, 0.5) is 0 Å². The van der Waals surface area contributed by atoms with Crippen molar-refractivity contribution in [3.8, 4) is 0 Å². The number of aryl methyl sites for hydroxylation is 1. The number of halogens is 1. The van der Waals surface area contributed by atoms with E-state index in [0.29, 0.717) is 50.5 Å². The highest BCUT2D eigenvalue weighted by Crippen LogP contribution is 2.28. The number of nitrogens with zero attached hydrogens (tertiary/aromatic N) is 2. The molecule has 1 unspecified atom stereocenters. The van der Waals surface area contributed by atoms with Gasteiger partial charge in [0.25, 0.3) is 0 Å². The number of carbonyl (C=O) groups excluding carboxylic acids is 2. The minimum absolute atomic E-state index is 0.0530. The van der Waals surface area contributed by atoms with Crippen molar-refractivity contribution in [1.29, 1.82) is 0 Å². The van der Waals surface area contributed by atoms with Crippen molar-refractivity contribution in [2.24, 2.45) is 5.92 Å². The van der Waals surface area contributed by atoms with E-state index in [-0.39, 0.29) is 22.6 Å². The van der Waals surface area contributed by atoms with Crippen molar-refractivity contribution in [2.45, 2.75) is 50.1 Å². The molecule has 2 aromatic rings. The fourth-order valence-electron chi connectivity index (χ4n) is 4.68. The molecule has 1 atom stereocenters. The molecule has 2 fully saturated rings. The number of carbonyl (C=O) groups is 2. The zero-order valence-electron chi connectivity index (χ0n) is 19.2. The number of piperidine rings is 1. The summed E-state index contributed by atoms with van der Waals surface area (Å²) >= 11 is 6.18. The predicted octanol–water partition coefficient (Wildman–Crippen LogP) is 3.36. The second-order valence-corrected chi connectivity index (χ2v) is 11.3. The van der Waals surface area contributed by atoms with Crippen LogP contribution in [0.2, 0.25) is 5.02 Å². The summed E-state index contributed by atoms with van der Waals surface area (Å²) in [5, 5.41) is 3.51. The molecule has 34 heavy (non-hydrogen) atoms. The second-order valence-electron chi connectivity index (χ2n) is 8.99. The zero-order valence-corrected chi connectivity index (χ0v) is 20.8. The number of likely N-dealkylation sites (tertiary alicyclic amines) is 1. The molecule has 182 valence electrons. The van der Waals surface area contributed by atoms with Crippen molar-refractivity contribution < 1.29 is 18.0 Å². The molecule has 0 bridgehead atoms. The lowest BCUT2D eigenvalue weighted by Crippen LogP contribution is -2.49. The lowest BCUT2D eigenvalue weighted by atomic mass is 9.96. The molecule has 4 rings (SSSR count). The van der Waals surface area contributed by atoms with Gasteiger partial charge in [-0.15, -0.1) is 0 Å². The van der Waals surface area contributed by atoms with Crippen molar-refractivity contribution in [3.63, 3.8) is 0 Å². The van der Waals surface area contributed by atoms with Crippen LogP contribution in [-0.2, 0) is 26.2 Å². The summed E-state index contributed by atoms with van der Waals surface area (Å²) < 4.78 is 27.4. The summed E-state index contributed by atoms with van der Waals surface area (Å²) in [6, 6.07) is 13.7. The molecule has 1 N–H and O–H groups in total. The molecule has 2 aliphatic heterocycles. The first-order valence-corrected chi connectivity index (χ1v) is 13.5. The Hall–Kier alpha value is -2.42.